The topological polar surface area (TPSA) is 177 Å². The number of nitrogens with two attached hydrogens (primary N) is 1. The number of nitrogen functional groups attached to an aromatic ring is 1. The van der Waals surface area contributed by atoms with Crippen molar-refractivity contribution in [3.63, 3.8) is 0 Å². The minimum absolute atomic E-state index is 0.118. The van der Waals surface area contributed by atoms with Crippen LogP contribution in [0, 0.1) is 0 Å². The molecule has 2 aromatic heterocycles. The third-order valence-corrected chi connectivity index (χ3v) is 7.88. The fraction of sp³-hybridized carbons (Fsp3) is 0.263. The zero-order valence-electron chi connectivity index (χ0n) is 17.4. The number of oxime groups is 1. The molecule has 2 aromatic rings. The van der Waals surface area contributed by atoms with E-state index in [2.05, 4.69) is 19.9 Å². The third-order valence-electron chi connectivity index (χ3n) is 4.79. The number of nitrogens with zero attached hydrogens (tertiary/aromatic N) is 3. The van der Waals surface area contributed by atoms with Crippen LogP contribution in [0.5, 0.6) is 0 Å². The number of thiazole rings is 1. The van der Waals surface area contributed by atoms with Gasteiger partial charge in [-0.1, -0.05) is 5.16 Å². The molecule has 0 spiro atoms. The number of carboxylic acids is 1. The SMILES string of the molecule is CO/N=C(\C(=O)N[C@@H]1C(=O)N2C(C(=O)O)=C(CSc3ccoc(=O)c3)CS[C@@H]12)c1csc(N)n1. The second-order valence-corrected chi connectivity index (χ2v) is 9.93. The van der Waals surface area contributed by atoms with Crippen molar-refractivity contribution >= 4 is 63.5 Å². The lowest BCUT2D eigenvalue weighted by Gasteiger charge is -2.49. The van der Waals surface area contributed by atoms with Crippen LogP contribution in [0.4, 0.5) is 5.13 Å². The first-order chi connectivity index (χ1) is 16.3. The van der Waals surface area contributed by atoms with Crippen molar-refractivity contribution in [2.75, 3.05) is 24.3 Å². The maximum atomic E-state index is 12.9. The quantitative estimate of drug-likeness (QED) is 0.191. The van der Waals surface area contributed by atoms with Gasteiger partial charge in [-0.3, -0.25) is 14.5 Å². The van der Waals surface area contributed by atoms with Crippen LogP contribution in [-0.4, -0.2) is 68.5 Å². The second kappa shape index (κ2) is 9.90. The lowest BCUT2D eigenvalue weighted by molar-refractivity contribution is -0.150. The maximum absolute atomic E-state index is 12.9. The number of β-lactam (4-membered cyclic amide) rings is 1. The number of thioether (sulfide) groups is 2. The molecule has 0 unspecified atom stereocenters. The van der Waals surface area contributed by atoms with E-state index in [0.29, 0.717) is 16.2 Å². The highest BCUT2D eigenvalue weighted by atomic mass is 32.2. The number of rotatable bonds is 8. The monoisotopic (exact) mass is 523 g/mol. The number of nitrogens with one attached hydrogen (secondary N) is 1. The number of aliphatic carboxylic acids is 1. The van der Waals surface area contributed by atoms with Crippen LogP contribution < -0.4 is 16.7 Å². The molecule has 0 bridgehead atoms. The molecule has 34 heavy (non-hydrogen) atoms. The van der Waals surface area contributed by atoms with Gasteiger partial charge >= 0.3 is 11.6 Å². The molecule has 178 valence electrons. The number of hydrogen-bond donors (Lipinski definition) is 3. The van der Waals surface area contributed by atoms with Gasteiger partial charge in [0.2, 0.25) is 0 Å². The van der Waals surface area contributed by atoms with Gasteiger partial charge in [-0.2, -0.15) is 0 Å². The largest absolute Gasteiger partial charge is 0.477 e. The summed E-state index contributed by atoms with van der Waals surface area (Å²) in [5.74, 6) is -1.90. The Bertz CT molecular complexity index is 1270. The lowest BCUT2D eigenvalue weighted by atomic mass is 10.0. The average molecular weight is 524 g/mol. The fourth-order valence-electron chi connectivity index (χ4n) is 3.32. The molecule has 2 amide bonds. The van der Waals surface area contributed by atoms with Crippen molar-refractivity contribution in [2.45, 2.75) is 16.3 Å². The predicted octanol–water partition coefficient (Wildman–Crippen LogP) is 0.560. The van der Waals surface area contributed by atoms with E-state index in [1.54, 1.807) is 6.07 Å². The summed E-state index contributed by atoms with van der Waals surface area (Å²) in [5.41, 5.74) is 5.57. The minimum atomic E-state index is -1.24. The van der Waals surface area contributed by atoms with Gasteiger partial charge in [-0.05, 0) is 11.6 Å². The van der Waals surface area contributed by atoms with Crippen molar-refractivity contribution in [3.05, 3.63) is 51.2 Å². The highest BCUT2D eigenvalue weighted by Crippen LogP contribution is 2.41. The molecule has 0 aromatic carbocycles. The Morgan fingerprint density at radius 1 is 1.47 bits per heavy atom. The van der Waals surface area contributed by atoms with E-state index in [-0.39, 0.29) is 28.0 Å². The summed E-state index contributed by atoms with van der Waals surface area (Å²) in [5, 5.41) is 17.2. The Balaban J connectivity index is 1.49. The summed E-state index contributed by atoms with van der Waals surface area (Å²) in [6.45, 7) is 0. The normalized spacial score (nSPS) is 20.0. The number of amides is 2. The average Bonchev–Trinajstić information content (AvgIpc) is 3.24. The van der Waals surface area contributed by atoms with Gasteiger partial charge in [0, 0.05) is 27.8 Å². The summed E-state index contributed by atoms with van der Waals surface area (Å²) in [7, 11) is 1.27. The molecule has 4 heterocycles. The van der Waals surface area contributed by atoms with E-state index in [4.69, 9.17) is 10.6 Å². The molecular formula is C19H17N5O7S3. The van der Waals surface area contributed by atoms with E-state index >= 15 is 0 Å². The minimum Gasteiger partial charge on any atom is -0.477 e. The first kappa shape index (κ1) is 23.8. The second-order valence-electron chi connectivity index (χ2n) is 6.89. The van der Waals surface area contributed by atoms with Gasteiger partial charge in [0.15, 0.2) is 10.8 Å². The Morgan fingerprint density at radius 2 is 2.26 bits per heavy atom. The predicted molar refractivity (Wildman–Crippen MR) is 125 cm³/mol. The van der Waals surface area contributed by atoms with Gasteiger partial charge in [0.05, 0.1) is 6.26 Å². The van der Waals surface area contributed by atoms with Gasteiger partial charge < -0.3 is 25.4 Å². The van der Waals surface area contributed by atoms with Crippen LogP contribution in [0.1, 0.15) is 5.69 Å². The van der Waals surface area contributed by atoms with Crippen LogP contribution in [0.3, 0.4) is 0 Å². The molecule has 12 nitrogen and oxygen atoms in total. The number of aromatic nitrogens is 1. The number of carbonyl (C=O) groups is 3. The van der Waals surface area contributed by atoms with E-state index < -0.39 is 34.8 Å². The number of anilines is 1. The van der Waals surface area contributed by atoms with Crippen LogP contribution in [0.25, 0.3) is 0 Å². The molecule has 4 N–H and O–H groups in total. The summed E-state index contributed by atoms with van der Waals surface area (Å²) in [4.78, 5) is 59.5. The summed E-state index contributed by atoms with van der Waals surface area (Å²) < 4.78 is 4.69. The first-order valence-electron chi connectivity index (χ1n) is 9.55. The third kappa shape index (κ3) is 4.67. The van der Waals surface area contributed by atoms with Crippen molar-refractivity contribution < 1.29 is 28.7 Å². The Morgan fingerprint density at radius 3 is 2.91 bits per heavy atom. The molecule has 0 saturated carbocycles. The molecule has 2 aliphatic rings. The maximum Gasteiger partial charge on any atom is 0.352 e. The van der Waals surface area contributed by atoms with E-state index in [1.165, 1.54) is 53.2 Å². The van der Waals surface area contributed by atoms with Gasteiger partial charge in [-0.15, -0.1) is 34.9 Å². The summed E-state index contributed by atoms with van der Waals surface area (Å²) in [6.07, 6.45) is 1.26. The highest BCUT2D eigenvalue weighted by Gasteiger charge is 2.54. The van der Waals surface area contributed by atoms with E-state index in [1.807, 2.05) is 0 Å². The molecule has 2 atom stereocenters. The number of carbonyl (C=O) groups excluding carboxylic acids is 2. The molecule has 15 heteroatoms. The van der Waals surface area contributed by atoms with Crippen molar-refractivity contribution in [3.8, 4) is 0 Å². The molecule has 1 fully saturated rings. The molecule has 1 saturated heterocycles. The number of carboxylic acid groups (broad SMARTS) is 1. The van der Waals surface area contributed by atoms with Crippen molar-refractivity contribution in [2.24, 2.45) is 5.16 Å². The van der Waals surface area contributed by atoms with Crippen molar-refractivity contribution in [1.82, 2.24) is 15.2 Å². The Labute approximate surface area is 204 Å². The molecular weight excluding hydrogens is 506 g/mol. The zero-order valence-corrected chi connectivity index (χ0v) is 19.9. The van der Waals surface area contributed by atoms with Crippen LogP contribution >= 0.6 is 34.9 Å². The van der Waals surface area contributed by atoms with Crippen molar-refractivity contribution in [1.29, 1.82) is 0 Å². The Kier molecular flexibility index (Phi) is 6.95. The number of fused-ring (bicyclic) bond motifs is 1. The molecule has 0 radical (unpaired) electrons. The van der Waals surface area contributed by atoms with Gasteiger partial charge in [-0.25, -0.2) is 14.6 Å². The molecule has 2 aliphatic heterocycles. The molecule has 4 rings (SSSR count). The highest BCUT2D eigenvalue weighted by molar-refractivity contribution is 8.01. The van der Waals surface area contributed by atoms with E-state index in [0.717, 1.165) is 11.3 Å². The van der Waals surface area contributed by atoms with Crippen LogP contribution in [0.15, 0.2) is 54.3 Å². The standard InChI is InChI=1S/C19H17N5O7S3/c1-30-23-12(10-7-34-19(20)21-10)15(26)22-13-16(27)24-14(18(28)29)8(6-33-17(13)24)5-32-9-2-3-31-11(25)4-9/h2-4,7,13,17H,5-6H2,1H3,(H2,20,21)(H,22,26)(H,28,29)/b23-12-/t13-,17+/m1/s1. The van der Waals surface area contributed by atoms with Gasteiger partial charge in [0.25, 0.3) is 11.8 Å². The van der Waals surface area contributed by atoms with Crippen LogP contribution in [0.2, 0.25) is 0 Å². The first-order valence-corrected chi connectivity index (χ1v) is 12.5. The Hall–Kier alpha value is -3.30. The summed E-state index contributed by atoms with van der Waals surface area (Å²) in [6, 6.07) is 1.96. The van der Waals surface area contributed by atoms with E-state index in [9.17, 15) is 24.3 Å². The lowest BCUT2D eigenvalue weighted by Crippen LogP contribution is -2.71. The zero-order chi connectivity index (χ0) is 24.4. The number of hydrogen-bond acceptors (Lipinski definition) is 12. The fourth-order valence-corrected chi connectivity index (χ4v) is 6.26. The van der Waals surface area contributed by atoms with Crippen LogP contribution in [-0.2, 0) is 19.2 Å². The smallest absolute Gasteiger partial charge is 0.352 e. The molecule has 0 aliphatic carbocycles. The van der Waals surface area contributed by atoms with Gasteiger partial charge in [0.1, 0.15) is 29.9 Å². The summed E-state index contributed by atoms with van der Waals surface area (Å²) >= 11 is 3.71.